The van der Waals surface area contributed by atoms with Crippen LogP contribution in [-0.2, 0) is 4.74 Å². The number of likely N-dealkylation sites (N-methyl/N-ethyl adjacent to an activating group) is 1. The molecule has 4 heteroatoms. The van der Waals surface area contributed by atoms with Crippen molar-refractivity contribution in [2.24, 2.45) is 5.92 Å². The van der Waals surface area contributed by atoms with Crippen molar-refractivity contribution in [1.29, 1.82) is 0 Å². The predicted octanol–water partition coefficient (Wildman–Crippen LogP) is 1.21. The summed E-state index contributed by atoms with van der Waals surface area (Å²) in [6.07, 6.45) is 3.04. The smallest absolute Gasteiger partial charge is 0.0783 e. The van der Waals surface area contributed by atoms with Crippen molar-refractivity contribution >= 4 is 11.8 Å². The van der Waals surface area contributed by atoms with Crippen LogP contribution in [-0.4, -0.2) is 60.5 Å². The molecular weight excluding hydrogens is 222 g/mol. The van der Waals surface area contributed by atoms with Gasteiger partial charge in [-0.1, -0.05) is 0 Å². The Hall–Kier alpha value is 0.230. The van der Waals surface area contributed by atoms with Crippen LogP contribution >= 0.6 is 11.8 Å². The molecule has 1 N–H and O–H groups in total. The molecular formula is C12H23NO2S. The molecule has 2 saturated heterocycles. The number of aliphatic hydroxyl groups is 1. The van der Waals surface area contributed by atoms with E-state index in [4.69, 9.17) is 4.74 Å². The Labute approximate surface area is 103 Å². The van der Waals surface area contributed by atoms with Gasteiger partial charge in [-0.3, -0.25) is 0 Å². The summed E-state index contributed by atoms with van der Waals surface area (Å²) < 4.78 is 5.97. The Kier molecular flexibility index (Phi) is 4.16. The van der Waals surface area contributed by atoms with Crippen molar-refractivity contribution < 1.29 is 9.84 Å². The van der Waals surface area contributed by atoms with E-state index in [-0.39, 0.29) is 11.7 Å². The van der Waals surface area contributed by atoms with E-state index in [0.29, 0.717) is 5.92 Å². The zero-order valence-corrected chi connectivity index (χ0v) is 11.1. The largest absolute Gasteiger partial charge is 0.392 e. The highest BCUT2D eigenvalue weighted by atomic mass is 32.2. The fourth-order valence-corrected chi connectivity index (χ4v) is 4.16. The van der Waals surface area contributed by atoms with E-state index in [1.54, 1.807) is 0 Å². The van der Waals surface area contributed by atoms with Crippen molar-refractivity contribution in [2.75, 3.05) is 38.8 Å². The first-order valence-electron chi connectivity index (χ1n) is 6.16. The number of thioether (sulfide) groups is 1. The van der Waals surface area contributed by atoms with Gasteiger partial charge < -0.3 is 14.7 Å². The lowest BCUT2D eigenvalue weighted by atomic mass is 9.82. The van der Waals surface area contributed by atoms with Crippen molar-refractivity contribution in [2.45, 2.75) is 31.0 Å². The van der Waals surface area contributed by atoms with Crippen LogP contribution < -0.4 is 0 Å². The molecule has 3 atom stereocenters. The van der Waals surface area contributed by atoms with Gasteiger partial charge in [-0.25, -0.2) is 0 Å². The molecule has 0 aromatic carbocycles. The molecule has 0 aromatic rings. The number of hydrogen-bond acceptors (Lipinski definition) is 4. The van der Waals surface area contributed by atoms with Crippen LogP contribution in [0.4, 0.5) is 0 Å². The van der Waals surface area contributed by atoms with Crippen molar-refractivity contribution in [3.05, 3.63) is 0 Å². The van der Waals surface area contributed by atoms with Crippen LogP contribution in [0, 0.1) is 5.92 Å². The maximum absolute atomic E-state index is 10.2. The minimum absolute atomic E-state index is 0.0981. The first-order valence-corrected chi connectivity index (χ1v) is 7.31. The molecule has 16 heavy (non-hydrogen) atoms. The maximum atomic E-state index is 10.2. The average Bonchev–Trinajstić information content (AvgIpc) is 2.65. The summed E-state index contributed by atoms with van der Waals surface area (Å²) in [5.74, 6) is 2.77. The van der Waals surface area contributed by atoms with E-state index in [1.807, 2.05) is 25.9 Å². The third kappa shape index (κ3) is 2.92. The molecule has 0 radical (unpaired) electrons. The van der Waals surface area contributed by atoms with Crippen LogP contribution in [0.2, 0.25) is 0 Å². The monoisotopic (exact) mass is 245 g/mol. The molecule has 3 nitrogen and oxygen atoms in total. The molecule has 2 aliphatic rings. The number of rotatable bonds is 3. The zero-order valence-electron chi connectivity index (χ0n) is 10.3. The Morgan fingerprint density at radius 2 is 2.38 bits per heavy atom. The summed E-state index contributed by atoms with van der Waals surface area (Å²) in [5.41, 5.74) is 0.0981. The van der Waals surface area contributed by atoms with E-state index in [1.165, 1.54) is 12.2 Å². The summed E-state index contributed by atoms with van der Waals surface area (Å²) in [6, 6.07) is 0. The van der Waals surface area contributed by atoms with Crippen molar-refractivity contribution in [3.8, 4) is 0 Å². The quantitative estimate of drug-likeness (QED) is 0.810. The first-order chi connectivity index (χ1) is 7.61. The lowest BCUT2D eigenvalue weighted by molar-refractivity contribution is -0.103. The Morgan fingerprint density at radius 1 is 1.56 bits per heavy atom. The summed E-state index contributed by atoms with van der Waals surface area (Å²) in [4.78, 5) is 2.07. The summed E-state index contributed by atoms with van der Waals surface area (Å²) in [6.45, 7) is 1.60. The van der Waals surface area contributed by atoms with E-state index < -0.39 is 0 Å². The van der Waals surface area contributed by atoms with Gasteiger partial charge >= 0.3 is 0 Å². The number of aliphatic hydroxyl groups excluding tert-OH is 1. The molecule has 1 spiro atoms. The second-order valence-corrected chi connectivity index (χ2v) is 6.52. The van der Waals surface area contributed by atoms with Gasteiger partial charge in [-0.05, 0) is 45.0 Å². The third-order valence-electron chi connectivity index (χ3n) is 3.69. The number of ether oxygens (including phenoxy) is 1. The Morgan fingerprint density at radius 3 is 3.00 bits per heavy atom. The topological polar surface area (TPSA) is 32.7 Å². The van der Waals surface area contributed by atoms with Gasteiger partial charge in [-0.2, -0.15) is 11.8 Å². The van der Waals surface area contributed by atoms with Gasteiger partial charge in [0.15, 0.2) is 0 Å². The normalized spacial score (nSPS) is 37.1. The number of nitrogens with zero attached hydrogens (tertiary/aromatic N) is 1. The van der Waals surface area contributed by atoms with Crippen molar-refractivity contribution in [1.82, 2.24) is 4.90 Å². The SMILES string of the molecule is CN(C)CC(O)C1CCOC2(CCSC2)C1. The van der Waals surface area contributed by atoms with Gasteiger partial charge in [0, 0.05) is 18.9 Å². The third-order valence-corrected chi connectivity index (χ3v) is 4.92. The van der Waals surface area contributed by atoms with Gasteiger partial charge in [0.05, 0.1) is 11.7 Å². The fraction of sp³-hybridized carbons (Fsp3) is 1.00. The van der Waals surface area contributed by atoms with E-state index in [0.717, 1.165) is 31.7 Å². The standard InChI is InChI=1S/C12H23NO2S/c1-13(2)8-11(14)10-3-5-15-12(7-10)4-6-16-9-12/h10-11,14H,3-9H2,1-2H3. The van der Waals surface area contributed by atoms with Gasteiger partial charge in [-0.15, -0.1) is 0 Å². The van der Waals surface area contributed by atoms with Crippen LogP contribution in [0.3, 0.4) is 0 Å². The molecule has 0 saturated carbocycles. The fourth-order valence-electron chi connectivity index (χ4n) is 2.78. The minimum Gasteiger partial charge on any atom is -0.392 e. The van der Waals surface area contributed by atoms with Crippen LogP contribution in [0.25, 0.3) is 0 Å². The van der Waals surface area contributed by atoms with Crippen molar-refractivity contribution in [3.63, 3.8) is 0 Å². The minimum atomic E-state index is -0.193. The molecule has 0 aliphatic carbocycles. The summed E-state index contributed by atoms with van der Waals surface area (Å²) in [5, 5.41) is 10.2. The molecule has 94 valence electrons. The van der Waals surface area contributed by atoms with E-state index in [2.05, 4.69) is 4.90 Å². The Balaban J connectivity index is 1.90. The zero-order chi connectivity index (χ0) is 11.6. The average molecular weight is 245 g/mol. The Bertz CT molecular complexity index is 229. The highest BCUT2D eigenvalue weighted by Crippen LogP contribution is 2.41. The van der Waals surface area contributed by atoms with Gasteiger partial charge in [0.25, 0.3) is 0 Å². The molecule has 2 aliphatic heterocycles. The maximum Gasteiger partial charge on any atom is 0.0783 e. The van der Waals surface area contributed by atoms with Gasteiger partial charge in [0.2, 0.25) is 0 Å². The van der Waals surface area contributed by atoms with E-state index >= 15 is 0 Å². The van der Waals surface area contributed by atoms with Crippen LogP contribution in [0.5, 0.6) is 0 Å². The molecule has 2 heterocycles. The molecule has 0 aromatic heterocycles. The molecule has 0 bridgehead atoms. The van der Waals surface area contributed by atoms with Crippen LogP contribution in [0.15, 0.2) is 0 Å². The second kappa shape index (κ2) is 5.25. The summed E-state index contributed by atoms with van der Waals surface area (Å²) >= 11 is 1.99. The second-order valence-electron chi connectivity index (χ2n) is 5.42. The van der Waals surface area contributed by atoms with E-state index in [9.17, 15) is 5.11 Å². The highest BCUT2D eigenvalue weighted by Gasteiger charge is 2.42. The molecule has 0 amide bonds. The lowest BCUT2D eigenvalue weighted by Gasteiger charge is -2.40. The van der Waals surface area contributed by atoms with Gasteiger partial charge in [0.1, 0.15) is 0 Å². The molecule has 3 unspecified atom stereocenters. The predicted molar refractivity (Wildman–Crippen MR) is 67.9 cm³/mol. The molecule has 2 rings (SSSR count). The summed E-state index contributed by atoms with van der Waals surface area (Å²) in [7, 11) is 4.04. The molecule has 2 fully saturated rings. The number of hydrogen-bond donors (Lipinski definition) is 1. The van der Waals surface area contributed by atoms with Crippen LogP contribution in [0.1, 0.15) is 19.3 Å². The lowest BCUT2D eigenvalue weighted by Crippen LogP contribution is -2.45. The highest BCUT2D eigenvalue weighted by molar-refractivity contribution is 7.99. The first kappa shape index (κ1) is 12.7.